The SMILES string of the molecule is N#Cc1ccc(CN2CCC(NC(=O)c3cc(F)ccc3Cl)C2=O)cc1. The summed E-state index contributed by atoms with van der Waals surface area (Å²) in [6, 6.07) is 11.9. The molecule has 132 valence electrons. The van der Waals surface area contributed by atoms with Crippen molar-refractivity contribution in [2.75, 3.05) is 6.54 Å². The van der Waals surface area contributed by atoms with Crippen molar-refractivity contribution in [3.8, 4) is 6.07 Å². The van der Waals surface area contributed by atoms with Crippen molar-refractivity contribution in [3.05, 3.63) is 70.0 Å². The minimum Gasteiger partial charge on any atom is -0.340 e. The third kappa shape index (κ3) is 3.84. The molecule has 1 heterocycles. The van der Waals surface area contributed by atoms with E-state index in [2.05, 4.69) is 5.32 Å². The number of carbonyl (C=O) groups is 2. The Morgan fingerprint density at radius 2 is 2.04 bits per heavy atom. The van der Waals surface area contributed by atoms with Crippen LogP contribution in [0.2, 0.25) is 5.02 Å². The molecule has 0 saturated carbocycles. The van der Waals surface area contributed by atoms with Crippen LogP contribution in [0.25, 0.3) is 0 Å². The summed E-state index contributed by atoms with van der Waals surface area (Å²) in [5.41, 5.74) is 1.46. The first-order valence-corrected chi connectivity index (χ1v) is 8.39. The summed E-state index contributed by atoms with van der Waals surface area (Å²) >= 11 is 5.93. The second-order valence-corrected chi connectivity index (χ2v) is 6.41. The van der Waals surface area contributed by atoms with Gasteiger partial charge in [0.15, 0.2) is 0 Å². The molecule has 0 radical (unpaired) electrons. The molecule has 1 N–H and O–H groups in total. The first-order chi connectivity index (χ1) is 12.5. The zero-order chi connectivity index (χ0) is 18.7. The van der Waals surface area contributed by atoms with Crippen molar-refractivity contribution < 1.29 is 14.0 Å². The van der Waals surface area contributed by atoms with Crippen LogP contribution in [0.15, 0.2) is 42.5 Å². The van der Waals surface area contributed by atoms with Gasteiger partial charge in [0.25, 0.3) is 5.91 Å². The summed E-state index contributed by atoms with van der Waals surface area (Å²) in [6.45, 7) is 0.901. The Hall–Kier alpha value is -2.91. The molecule has 0 bridgehead atoms. The number of likely N-dealkylation sites (tertiary alicyclic amines) is 1. The van der Waals surface area contributed by atoms with Gasteiger partial charge >= 0.3 is 0 Å². The molecule has 3 rings (SSSR count). The normalized spacial score (nSPS) is 16.4. The molecular weight excluding hydrogens is 357 g/mol. The lowest BCUT2D eigenvalue weighted by molar-refractivity contribution is -0.129. The van der Waals surface area contributed by atoms with Crippen molar-refractivity contribution in [1.29, 1.82) is 5.26 Å². The number of halogens is 2. The quantitative estimate of drug-likeness (QED) is 0.898. The van der Waals surface area contributed by atoms with E-state index >= 15 is 0 Å². The highest BCUT2D eigenvalue weighted by Crippen LogP contribution is 2.19. The summed E-state index contributed by atoms with van der Waals surface area (Å²) < 4.78 is 13.3. The van der Waals surface area contributed by atoms with Crippen LogP contribution in [0.5, 0.6) is 0 Å². The minimum atomic E-state index is -0.666. The summed E-state index contributed by atoms with van der Waals surface area (Å²) in [6.07, 6.45) is 0.466. The standard InChI is InChI=1S/C19H15ClFN3O2/c20-16-6-5-14(21)9-15(16)18(25)23-17-7-8-24(19(17)26)11-13-3-1-12(10-22)2-4-13/h1-6,9,17H,7-8,11H2,(H,23,25). The molecule has 0 aliphatic carbocycles. The van der Waals surface area contributed by atoms with Gasteiger partial charge < -0.3 is 10.2 Å². The van der Waals surface area contributed by atoms with Crippen molar-refractivity contribution in [3.63, 3.8) is 0 Å². The van der Waals surface area contributed by atoms with Gasteiger partial charge in [-0.25, -0.2) is 4.39 Å². The first kappa shape index (κ1) is 17.9. The predicted octanol–water partition coefficient (Wildman–Crippen LogP) is 2.88. The van der Waals surface area contributed by atoms with Crippen LogP contribution in [0, 0.1) is 17.1 Å². The second kappa shape index (κ2) is 7.54. The highest BCUT2D eigenvalue weighted by atomic mass is 35.5. The molecule has 7 heteroatoms. The largest absolute Gasteiger partial charge is 0.340 e. The highest BCUT2D eigenvalue weighted by molar-refractivity contribution is 6.33. The number of hydrogen-bond donors (Lipinski definition) is 1. The lowest BCUT2D eigenvalue weighted by Crippen LogP contribution is -2.41. The first-order valence-electron chi connectivity index (χ1n) is 8.01. The Balaban J connectivity index is 1.64. The maximum atomic E-state index is 13.3. The molecule has 1 aliphatic rings. The van der Waals surface area contributed by atoms with Gasteiger partial charge in [-0.05, 0) is 42.3 Å². The molecule has 2 aromatic rings. The van der Waals surface area contributed by atoms with Gasteiger partial charge in [0.2, 0.25) is 5.91 Å². The molecule has 1 atom stereocenters. The fourth-order valence-corrected chi connectivity index (χ4v) is 3.05. The van der Waals surface area contributed by atoms with Gasteiger partial charge in [0.05, 0.1) is 22.2 Å². The number of amides is 2. The highest BCUT2D eigenvalue weighted by Gasteiger charge is 2.33. The van der Waals surface area contributed by atoms with Crippen LogP contribution in [0.3, 0.4) is 0 Å². The van der Waals surface area contributed by atoms with Crippen LogP contribution in [-0.2, 0) is 11.3 Å². The number of nitriles is 1. The van der Waals surface area contributed by atoms with Gasteiger partial charge in [-0.15, -0.1) is 0 Å². The van der Waals surface area contributed by atoms with Crippen LogP contribution in [0.4, 0.5) is 4.39 Å². The van der Waals surface area contributed by atoms with Gasteiger partial charge in [-0.1, -0.05) is 23.7 Å². The Bertz CT molecular complexity index is 893. The zero-order valence-corrected chi connectivity index (χ0v) is 14.5. The minimum absolute atomic E-state index is 0.00464. The van der Waals surface area contributed by atoms with E-state index in [1.165, 1.54) is 12.1 Å². The number of carbonyl (C=O) groups excluding carboxylic acids is 2. The van der Waals surface area contributed by atoms with Crippen molar-refractivity contribution >= 4 is 23.4 Å². The Labute approximate surface area is 155 Å². The topological polar surface area (TPSA) is 73.2 Å². The molecular formula is C19H15ClFN3O2. The maximum absolute atomic E-state index is 13.3. The van der Waals surface area contributed by atoms with E-state index in [1.54, 1.807) is 29.2 Å². The fraction of sp³-hybridized carbons (Fsp3) is 0.211. The van der Waals surface area contributed by atoms with Crippen LogP contribution >= 0.6 is 11.6 Å². The third-order valence-electron chi connectivity index (χ3n) is 4.23. The molecule has 0 aromatic heterocycles. The van der Waals surface area contributed by atoms with Crippen molar-refractivity contribution in [2.45, 2.75) is 19.0 Å². The van der Waals surface area contributed by atoms with Crippen LogP contribution in [-0.4, -0.2) is 29.3 Å². The molecule has 5 nitrogen and oxygen atoms in total. The molecule has 1 unspecified atom stereocenters. The summed E-state index contributed by atoms with van der Waals surface area (Å²) in [5.74, 6) is -1.34. The monoisotopic (exact) mass is 371 g/mol. The summed E-state index contributed by atoms with van der Waals surface area (Å²) in [7, 11) is 0. The number of hydrogen-bond acceptors (Lipinski definition) is 3. The van der Waals surface area contributed by atoms with Gasteiger partial charge in [0.1, 0.15) is 11.9 Å². The molecule has 1 aliphatic heterocycles. The second-order valence-electron chi connectivity index (χ2n) is 6.01. The Morgan fingerprint density at radius 3 is 2.73 bits per heavy atom. The molecule has 26 heavy (non-hydrogen) atoms. The molecule has 2 aromatic carbocycles. The number of nitrogens with one attached hydrogen (secondary N) is 1. The summed E-state index contributed by atoms with van der Waals surface area (Å²) in [4.78, 5) is 26.4. The van der Waals surface area contributed by atoms with Gasteiger partial charge in [-0.2, -0.15) is 5.26 Å². The van der Waals surface area contributed by atoms with E-state index in [9.17, 15) is 14.0 Å². The lowest BCUT2D eigenvalue weighted by atomic mass is 10.1. The van der Waals surface area contributed by atoms with E-state index in [-0.39, 0.29) is 16.5 Å². The van der Waals surface area contributed by atoms with Gasteiger partial charge in [0, 0.05) is 13.1 Å². The predicted molar refractivity (Wildman–Crippen MR) is 93.9 cm³/mol. The van der Waals surface area contributed by atoms with Crippen LogP contribution in [0.1, 0.15) is 27.9 Å². The Morgan fingerprint density at radius 1 is 1.31 bits per heavy atom. The fourth-order valence-electron chi connectivity index (χ4n) is 2.84. The molecule has 1 saturated heterocycles. The third-order valence-corrected chi connectivity index (χ3v) is 4.56. The average Bonchev–Trinajstić information content (AvgIpc) is 2.97. The van der Waals surface area contributed by atoms with Crippen molar-refractivity contribution in [1.82, 2.24) is 10.2 Å². The maximum Gasteiger partial charge on any atom is 0.253 e. The smallest absolute Gasteiger partial charge is 0.253 e. The van der Waals surface area contributed by atoms with E-state index in [0.29, 0.717) is 25.1 Å². The zero-order valence-electron chi connectivity index (χ0n) is 13.7. The number of rotatable bonds is 4. The molecule has 2 amide bonds. The van der Waals surface area contributed by atoms with Crippen molar-refractivity contribution in [2.24, 2.45) is 0 Å². The summed E-state index contributed by atoms with van der Waals surface area (Å²) in [5, 5.41) is 11.6. The number of benzene rings is 2. The van der Waals surface area contributed by atoms with E-state index < -0.39 is 17.8 Å². The Kier molecular flexibility index (Phi) is 5.19. The van der Waals surface area contributed by atoms with Crippen LogP contribution < -0.4 is 5.32 Å². The van der Waals surface area contributed by atoms with E-state index in [1.807, 2.05) is 6.07 Å². The lowest BCUT2D eigenvalue weighted by Gasteiger charge is -2.17. The molecule has 0 spiro atoms. The van der Waals surface area contributed by atoms with E-state index in [0.717, 1.165) is 11.6 Å². The van der Waals surface area contributed by atoms with E-state index in [4.69, 9.17) is 16.9 Å². The average molecular weight is 372 g/mol. The van der Waals surface area contributed by atoms with Gasteiger partial charge in [-0.3, -0.25) is 9.59 Å². The number of nitrogens with zero attached hydrogens (tertiary/aromatic N) is 2. The molecule has 1 fully saturated rings.